The number of hydrogen-bond acceptors (Lipinski definition) is 4. The van der Waals surface area contributed by atoms with Crippen LogP contribution in [0.2, 0.25) is 5.02 Å². The number of carboxylic acid groups (broad SMARTS) is 1. The SMILES string of the molecule is O=C(O)NC1CC2OC1CC2NC(=O)COc1ccc(Cl)c(F)c1. The van der Waals surface area contributed by atoms with Crippen molar-refractivity contribution >= 4 is 23.6 Å². The lowest BCUT2D eigenvalue weighted by atomic mass is 9.91. The Hall–Kier alpha value is -2.06. The lowest BCUT2D eigenvalue weighted by molar-refractivity contribution is -0.124. The van der Waals surface area contributed by atoms with Crippen LogP contribution in [0.5, 0.6) is 5.75 Å². The molecule has 3 N–H and O–H groups in total. The molecule has 3 rings (SSSR count). The second-order valence-corrected chi connectivity index (χ2v) is 6.19. The van der Waals surface area contributed by atoms with Crippen molar-refractivity contribution in [2.24, 2.45) is 0 Å². The highest BCUT2D eigenvalue weighted by Crippen LogP contribution is 2.34. The molecule has 0 aliphatic carbocycles. The summed E-state index contributed by atoms with van der Waals surface area (Å²) in [4.78, 5) is 22.6. The number of amides is 2. The zero-order valence-electron chi connectivity index (χ0n) is 12.5. The molecule has 7 nitrogen and oxygen atoms in total. The van der Waals surface area contributed by atoms with E-state index in [0.29, 0.717) is 12.8 Å². The second-order valence-electron chi connectivity index (χ2n) is 5.78. The Morgan fingerprint density at radius 2 is 1.96 bits per heavy atom. The average molecular weight is 359 g/mol. The maximum atomic E-state index is 13.3. The number of carbonyl (C=O) groups excluding carboxylic acids is 1. The predicted octanol–water partition coefficient (Wildman–Crippen LogP) is 1.54. The number of hydrogen-bond donors (Lipinski definition) is 3. The summed E-state index contributed by atoms with van der Waals surface area (Å²) in [5.74, 6) is -0.760. The molecule has 2 aliphatic rings. The summed E-state index contributed by atoms with van der Waals surface area (Å²) in [6.45, 7) is -0.258. The van der Waals surface area contributed by atoms with Crippen LogP contribution in [0.3, 0.4) is 0 Å². The number of carbonyl (C=O) groups is 2. The van der Waals surface area contributed by atoms with Crippen molar-refractivity contribution in [3.63, 3.8) is 0 Å². The minimum Gasteiger partial charge on any atom is -0.484 e. The fourth-order valence-corrected chi connectivity index (χ4v) is 3.20. The molecule has 1 aromatic rings. The summed E-state index contributed by atoms with van der Waals surface area (Å²) < 4.78 is 24.2. The van der Waals surface area contributed by atoms with Gasteiger partial charge in [0, 0.05) is 6.07 Å². The van der Waals surface area contributed by atoms with Crippen molar-refractivity contribution < 1.29 is 28.6 Å². The van der Waals surface area contributed by atoms with E-state index < -0.39 is 11.9 Å². The van der Waals surface area contributed by atoms with Gasteiger partial charge >= 0.3 is 6.09 Å². The average Bonchev–Trinajstić information content (AvgIpc) is 3.07. The van der Waals surface area contributed by atoms with Gasteiger partial charge in [-0.2, -0.15) is 0 Å². The van der Waals surface area contributed by atoms with E-state index in [2.05, 4.69) is 10.6 Å². The molecule has 2 bridgehead atoms. The Kier molecular flexibility index (Phi) is 4.77. The molecule has 0 saturated carbocycles. The highest BCUT2D eigenvalue weighted by Gasteiger charge is 2.48. The molecule has 24 heavy (non-hydrogen) atoms. The van der Waals surface area contributed by atoms with E-state index in [9.17, 15) is 14.0 Å². The van der Waals surface area contributed by atoms with Gasteiger partial charge < -0.3 is 25.2 Å². The highest BCUT2D eigenvalue weighted by atomic mass is 35.5. The zero-order valence-corrected chi connectivity index (χ0v) is 13.3. The molecular formula is C15H16ClFN2O5. The van der Waals surface area contributed by atoms with E-state index in [1.807, 2.05) is 0 Å². The Balaban J connectivity index is 1.45. The number of benzene rings is 1. The first-order valence-electron chi connectivity index (χ1n) is 7.44. The standard InChI is InChI=1S/C15H16ClFN2O5/c16-8-2-1-7(3-9(8)17)23-6-14(20)18-10-4-13-11(19-15(21)22)5-12(10)24-13/h1-3,10-13,19H,4-6H2,(H,18,20)(H,21,22). The lowest BCUT2D eigenvalue weighted by Crippen LogP contribution is -2.49. The van der Waals surface area contributed by atoms with Crippen LogP contribution in [0, 0.1) is 5.82 Å². The van der Waals surface area contributed by atoms with Crippen LogP contribution in [-0.2, 0) is 9.53 Å². The van der Waals surface area contributed by atoms with Gasteiger partial charge in [-0.05, 0) is 25.0 Å². The molecule has 2 amide bonds. The Labute approximate surface area is 142 Å². The van der Waals surface area contributed by atoms with E-state index in [1.165, 1.54) is 12.1 Å². The van der Waals surface area contributed by atoms with Crippen molar-refractivity contribution in [1.29, 1.82) is 0 Å². The van der Waals surface area contributed by atoms with Crippen LogP contribution in [0.15, 0.2) is 18.2 Å². The van der Waals surface area contributed by atoms with Crippen LogP contribution in [0.25, 0.3) is 0 Å². The minimum absolute atomic E-state index is 0.0181. The summed E-state index contributed by atoms with van der Waals surface area (Å²) in [5, 5.41) is 13.9. The fourth-order valence-electron chi connectivity index (χ4n) is 3.08. The topological polar surface area (TPSA) is 96.9 Å². The number of fused-ring (bicyclic) bond motifs is 2. The summed E-state index contributed by atoms with van der Waals surface area (Å²) >= 11 is 5.57. The molecule has 130 valence electrons. The van der Waals surface area contributed by atoms with Crippen molar-refractivity contribution in [1.82, 2.24) is 10.6 Å². The molecule has 0 aromatic heterocycles. The van der Waals surface area contributed by atoms with E-state index in [1.54, 1.807) is 0 Å². The molecule has 1 aromatic carbocycles. The van der Waals surface area contributed by atoms with Crippen molar-refractivity contribution in [2.45, 2.75) is 37.1 Å². The molecule has 0 radical (unpaired) electrons. The maximum Gasteiger partial charge on any atom is 0.404 e. The molecule has 9 heteroatoms. The van der Waals surface area contributed by atoms with Crippen LogP contribution < -0.4 is 15.4 Å². The van der Waals surface area contributed by atoms with E-state index >= 15 is 0 Å². The number of rotatable bonds is 5. The van der Waals surface area contributed by atoms with E-state index in [-0.39, 0.29) is 47.6 Å². The molecule has 2 aliphatic heterocycles. The third kappa shape index (κ3) is 3.70. The molecule has 0 spiro atoms. The van der Waals surface area contributed by atoms with Gasteiger partial charge in [-0.25, -0.2) is 9.18 Å². The van der Waals surface area contributed by atoms with Crippen LogP contribution in [0.1, 0.15) is 12.8 Å². The first-order chi connectivity index (χ1) is 11.4. The molecular weight excluding hydrogens is 343 g/mol. The molecule has 4 atom stereocenters. The highest BCUT2D eigenvalue weighted by molar-refractivity contribution is 6.30. The van der Waals surface area contributed by atoms with Gasteiger partial charge in [0.05, 0.1) is 29.3 Å². The lowest BCUT2D eigenvalue weighted by Gasteiger charge is -2.25. The molecule has 4 unspecified atom stereocenters. The third-order valence-electron chi connectivity index (χ3n) is 4.14. The summed E-state index contributed by atoms with van der Waals surface area (Å²) in [6.07, 6.45) is -0.478. The first kappa shape index (κ1) is 16.8. The minimum atomic E-state index is -1.08. The van der Waals surface area contributed by atoms with Crippen molar-refractivity contribution in [2.75, 3.05) is 6.61 Å². The molecule has 2 saturated heterocycles. The van der Waals surface area contributed by atoms with Gasteiger partial charge in [0.15, 0.2) is 6.61 Å². The summed E-state index contributed by atoms with van der Waals surface area (Å²) in [5.41, 5.74) is 0. The number of nitrogens with one attached hydrogen (secondary N) is 2. The molecule has 2 heterocycles. The van der Waals surface area contributed by atoms with Gasteiger partial charge in [-0.3, -0.25) is 4.79 Å². The van der Waals surface area contributed by atoms with Gasteiger partial charge in [-0.15, -0.1) is 0 Å². The van der Waals surface area contributed by atoms with E-state index in [0.717, 1.165) is 6.07 Å². The smallest absolute Gasteiger partial charge is 0.404 e. The Morgan fingerprint density at radius 1 is 1.29 bits per heavy atom. The van der Waals surface area contributed by atoms with Crippen LogP contribution in [0.4, 0.5) is 9.18 Å². The first-order valence-corrected chi connectivity index (χ1v) is 7.82. The third-order valence-corrected chi connectivity index (χ3v) is 4.44. The summed E-state index contributed by atoms with van der Waals surface area (Å²) in [7, 11) is 0. The number of halogens is 2. The predicted molar refractivity (Wildman–Crippen MR) is 81.7 cm³/mol. The van der Waals surface area contributed by atoms with Gasteiger partial charge in [0.2, 0.25) is 0 Å². The van der Waals surface area contributed by atoms with Gasteiger partial charge in [0.1, 0.15) is 11.6 Å². The Morgan fingerprint density at radius 3 is 2.54 bits per heavy atom. The Bertz CT molecular complexity index is 659. The van der Waals surface area contributed by atoms with Gasteiger partial charge in [0.25, 0.3) is 5.91 Å². The quantitative estimate of drug-likeness (QED) is 0.742. The number of ether oxygens (including phenoxy) is 2. The monoisotopic (exact) mass is 358 g/mol. The second kappa shape index (κ2) is 6.82. The van der Waals surface area contributed by atoms with Gasteiger partial charge in [-0.1, -0.05) is 11.6 Å². The van der Waals surface area contributed by atoms with Crippen LogP contribution in [-0.4, -0.2) is 48.0 Å². The molecule has 2 fully saturated rings. The maximum absolute atomic E-state index is 13.3. The van der Waals surface area contributed by atoms with Crippen LogP contribution >= 0.6 is 11.6 Å². The zero-order chi connectivity index (χ0) is 17.3. The normalized spacial score (nSPS) is 27.8. The van der Waals surface area contributed by atoms with Crippen molar-refractivity contribution in [3.8, 4) is 5.75 Å². The van der Waals surface area contributed by atoms with E-state index in [4.69, 9.17) is 26.2 Å². The van der Waals surface area contributed by atoms with Crippen molar-refractivity contribution in [3.05, 3.63) is 29.0 Å². The summed E-state index contributed by atoms with van der Waals surface area (Å²) in [6, 6.07) is 3.51. The fraction of sp³-hybridized carbons (Fsp3) is 0.467. The largest absolute Gasteiger partial charge is 0.484 e.